The van der Waals surface area contributed by atoms with Crippen LogP contribution in [0.1, 0.15) is 0 Å². The maximum atomic E-state index is 9.65. The van der Waals surface area contributed by atoms with Crippen molar-refractivity contribution in [3.63, 3.8) is 0 Å². The van der Waals surface area contributed by atoms with Gasteiger partial charge in [-0.3, -0.25) is 15.1 Å². The van der Waals surface area contributed by atoms with Crippen LogP contribution in [-0.4, -0.2) is 13.4 Å². The zero-order valence-electron chi connectivity index (χ0n) is 4.10. The molecule has 0 aliphatic heterocycles. The van der Waals surface area contributed by atoms with E-state index in [4.69, 9.17) is 0 Å². The molecule has 7 heavy (non-hydrogen) atoms. The van der Waals surface area contributed by atoms with Crippen LogP contribution in [0, 0.1) is 0 Å². The lowest BCUT2D eigenvalue weighted by Crippen LogP contribution is -2.10. The van der Waals surface area contributed by atoms with Crippen molar-refractivity contribution in [3.05, 3.63) is 12.3 Å². The summed E-state index contributed by atoms with van der Waals surface area (Å²) in [7, 11) is 1.41. The van der Waals surface area contributed by atoms with Crippen molar-refractivity contribution in [1.82, 2.24) is 5.48 Å². The molecule has 0 aromatic carbocycles. The monoisotopic (exact) mass is 101 g/mol. The van der Waals surface area contributed by atoms with Crippen LogP contribution in [0.4, 0.5) is 0 Å². The average molecular weight is 101 g/mol. The standard InChI is InChI=1S/C4H7NO2/c1-4(3-6)5-7-2/h3,5H,1H2,2H3. The summed E-state index contributed by atoms with van der Waals surface area (Å²) in [5.41, 5.74) is 2.46. The van der Waals surface area contributed by atoms with Crippen LogP contribution in [0.5, 0.6) is 0 Å². The number of aldehydes is 1. The number of hydrogen-bond donors (Lipinski definition) is 1. The Hall–Kier alpha value is -0.830. The molecule has 0 rings (SSSR count). The lowest BCUT2D eigenvalue weighted by molar-refractivity contribution is -0.106. The number of hydroxylamine groups is 1. The highest BCUT2D eigenvalue weighted by molar-refractivity contribution is 5.70. The van der Waals surface area contributed by atoms with Gasteiger partial charge in [0.15, 0.2) is 6.29 Å². The minimum absolute atomic E-state index is 0.225. The summed E-state index contributed by atoms with van der Waals surface area (Å²) < 4.78 is 0. The van der Waals surface area contributed by atoms with Crippen molar-refractivity contribution in [2.75, 3.05) is 7.11 Å². The molecule has 3 heteroatoms. The summed E-state index contributed by atoms with van der Waals surface area (Å²) in [5.74, 6) is 0. The third kappa shape index (κ3) is 2.99. The summed E-state index contributed by atoms with van der Waals surface area (Å²) in [4.78, 5) is 14.0. The Labute approximate surface area is 41.9 Å². The SMILES string of the molecule is C=C(C=O)NOC. The maximum absolute atomic E-state index is 9.65. The van der Waals surface area contributed by atoms with Crippen LogP contribution in [0.2, 0.25) is 0 Å². The van der Waals surface area contributed by atoms with Crippen molar-refractivity contribution >= 4 is 6.29 Å². The maximum Gasteiger partial charge on any atom is 0.167 e. The van der Waals surface area contributed by atoms with Gasteiger partial charge in [-0.15, -0.1) is 0 Å². The average Bonchev–Trinajstić information content (AvgIpc) is 1.68. The molecule has 0 spiro atoms. The zero-order valence-corrected chi connectivity index (χ0v) is 4.10. The molecule has 0 heterocycles. The molecule has 0 aliphatic carbocycles. The second kappa shape index (κ2) is 3.36. The predicted molar refractivity (Wildman–Crippen MR) is 25.3 cm³/mol. The van der Waals surface area contributed by atoms with E-state index in [1.807, 2.05) is 0 Å². The summed E-state index contributed by atoms with van der Waals surface area (Å²) >= 11 is 0. The zero-order chi connectivity index (χ0) is 5.70. The normalized spacial score (nSPS) is 7.57. The number of carbonyl (C=O) groups is 1. The second-order valence-electron chi connectivity index (χ2n) is 0.949. The number of carbonyl (C=O) groups excluding carboxylic acids is 1. The van der Waals surface area contributed by atoms with E-state index in [1.165, 1.54) is 7.11 Å². The molecule has 0 aromatic heterocycles. The van der Waals surface area contributed by atoms with Gasteiger partial charge in [-0.25, -0.2) is 0 Å². The molecular weight excluding hydrogens is 94.0 g/mol. The Kier molecular flexibility index (Phi) is 2.96. The quantitative estimate of drug-likeness (QED) is 0.305. The molecule has 1 N–H and O–H groups in total. The van der Waals surface area contributed by atoms with Gasteiger partial charge in [0.1, 0.15) is 0 Å². The molecule has 0 amide bonds. The molecular formula is C4H7NO2. The van der Waals surface area contributed by atoms with Crippen LogP contribution in [0.15, 0.2) is 12.3 Å². The Morgan fingerprint density at radius 3 is 2.71 bits per heavy atom. The van der Waals surface area contributed by atoms with E-state index in [9.17, 15) is 4.79 Å². The van der Waals surface area contributed by atoms with Gasteiger partial charge in [0.05, 0.1) is 12.8 Å². The highest BCUT2D eigenvalue weighted by Crippen LogP contribution is 1.70. The second-order valence-corrected chi connectivity index (χ2v) is 0.949. The van der Waals surface area contributed by atoms with Crippen LogP contribution in [-0.2, 0) is 9.63 Å². The molecule has 40 valence electrons. The van der Waals surface area contributed by atoms with Crippen LogP contribution in [0.25, 0.3) is 0 Å². The molecule has 0 saturated heterocycles. The van der Waals surface area contributed by atoms with Crippen molar-refractivity contribution in [2.45, 2.75) is 0 Å². The van der Waals surface area contributed by atoms with E-state index in [2.05, 4.69) is 16.9 Å². The smallest absolute Gasteiger partial charge is 0.167 e. The van der Waals surface area contributed by atoms with Crippen molar-refractivity contribution < 1.29 is 9.63 Å². The molecule has 0 atom stereocenters. The molecule has 0 fully saturated rings. The lowest BCUT2D eigenvalue weighted by atomic mass is 10.6. The van der Waals surface area contributed by atoms with Crippen LogP contribution < -0.4 is 5.48 Å². The number of rotatable bonds is 3. The van der Waals surface area contributed by atoms with Crippen molar-refractivity contribution in [1.29, 1.82) is 0 Å². The van der Waals surface area contributed by atoms with E-state index in [0.29, 0.717) is 6.29 Å². The predicted octanol–water partition coefficient (Wildman–Crippen LogP) is -0.150. The van der Waals surface area contributed by atoms with E-state index in [-0.39, 0.29) is 5.70 Å². The van der Waals surface area contributed by atoms with E-state index in [1.54, 1.807) is 0 Å². The third-order valence-corrected chi connectivity index (χ3v) is 0.375. The number of nitrogens with one attached hydrogen (secondary N) is 1. The molecule has 0 aromatic rings. The Balaban J connectivity index is 3.17. The van der Waals surface area contributed by atoms with Gasteiger partial charge in [0.25, 0.3) is 0 Å². The highest BCUT2D eigenvalue weighted by Gasteiger charge is 1.80. The summed E-state index contributed by atoms with van der Waals surface area (Å²) in [6.07, 6.45) is 0.573. The fraction of sp³-hybridized carbons (Fsp3) is 0.250. The summed E-state index contributed by atoms with van der Waals surface area (Å²) in [6, 6.07) is 0. The van der Waals surface area contributed by atoms with Gasteiger partial charge in [0.2, 0.25) is 0 Å². The first-order chi connectivity index (χ1) is 3.31. The molecule has 0 aliphatic rings. The number of allylic oxidation sites excluding steroid dienone is 1. The minimum Gasteiger partial charge on any atom is -0.296 e. The van der Waals surface area contributed by atoms with Crippen LogP contribution in [0.3, 0.4) is 0 Å². The molecule has 0 saturated carbocycles. The Morgan fingerprint density at radius 1 is 2.00 bits per heavy atom. The molecule has 0 unspecified atom stereocenters. The van der Waals surface area contributed by atoms with Gasteiger partial charge in [-0.05, 0) is 0 Å². The van der Waals surface area contributed by atoms with Gasteiger partial charge >= 0.3 is 0 Å². The van der Waals surface area contributed by atoms with Gasteiger partial charge in [-0.1, -0.05) is 6.58 Å². The number of hydrogen-bond acceptors (Lipinski definition) is 3. The van der Waals surface area contributed by atoms with E-state index in [0.717, 1.165) is 0 Å². The first kappa shape index (κ1) is 6.17. The van der Waals surface area contributed by atoms with Gasteiger partial charge in [-0.2, -0.15) is 0 Å². The van der Waals surface area contributed by atoms with E-state index < -0.39 is 0 Å². The minimum atomic E-state index is 0.225. The highest BCUT2D eigenvalue weighted by atomic mass is 16.6. The largest absolute Gasteiger partial charge is 0.296 e. The van der Waals surface area contributed by atoms with E-state index >= 15 is 0 Å². The fourth-order valence-corrected chi connectivity index (χ4v) is 0.155. The van der Waals surface area contributed by atoms with Gasteiger partial charge in [0, 0.05) is 0 Å². The fourth-order valence-electron chi connectivity index (χ4n) is 0.155. The third-order valence-electron chi connectivity index (χ3n) is 0.375. The first-order valence-corrected chi connectivity index (χ1v) is 1.74. The summed E-state index contributed by atoms with van der Waals surface area (Å²) in [6.45, 7) is 3.26. The Morgan fingerprint density at radius 2 is 2.57 bits per heavy atom. The Bertz CT molecular complexity index is 79.8. The molecule has 3 nitrogen and oxygen atoms in total. The summed E-state index contributed by atoms with van der Waals surface area (Å²) in [5, 5.41) is 0. The van der Waals surface area contributed by atoms with Crippen molar-refractivity contribution in [2.24, 2.45) is 0 Å². The van der Waals surface area contributed by atoms with Crippen LogP contribution >= 0.6 is 0 Å². The van der Waals surface area contributed by atoms with Gasteiger partial charge < -0.3 is 0 Å². The first-order valence-electron chi connectivity index (χ1n) is 1.74. The topological polar surface area (TPSA) is 38.3 Å². The molecule has 0 bridgehead atoms. The van der Waals surface area contributed by atoms with Crippen molar-refractivity contribution in [3.8, 4) is 0 Å². The lowest BCUT2D eigenvalue weighted by Gasteiger charge is -1.94. The molecule has 0 radical (unpaired) electrons.